The Kier molecular flexibility index (Phi) is 5.65. The molecule has 0 aliphatic carbocycles. The van der Waals surface area contributed by atoms with Crippen LogP contribution >= 0.6 is 0 Å². The van der Waals surface area contributed by atoms with Crippen molar-refractivity contribution in [1.82, 2.24) is 13.9 Å². The zero-order valence-corrected chi connectivity index (χ0v) is 17.8. The van der Waals surface area contributed by atoms with E-state index in [9.17, 15) is 22.2 Å². The van der Waals surface area contributed by atoms with Gasteiger partial charge in [0.1, 0.15) is 16.8 Å². The molecule has 0 saturated carbocycles. The lowest BCUT2D eigenvalue weighted by Gasteiger charge is -2.23. The third kappa shape index (κ3) is 4.24. The number of fused-ring (bicyclic) bond motifs is 1. The Morgan fingerprint density at radius 3 is 2.58 bits per heavy atom. The molecule has 7 nitrogen and oxygen atoms in total. The lowest BCUT2D eigenvalue weighted by atomic mass is 10.2. The van der Waals surface area contributed by atoms with Gasteiger partial charge >= 0.3 is 11.9 Å². The molecule has 0 radical (unpaired) electrons. The topological polar surface area (TPSA) is 71.6 Å². The number of nitrogens with zero attached hydrogens (tertiary/aromatic N) is 4. The monoisotopic (exact) mass is 454 g/mol. The largest absolute Gasteiger partial charge is 0.419 e. The summed E-state index contributed by atoms with van der Waals surface area (Å²) in [5.74, 6) is -0.0175. The van der Waals surface area contributed by atoms with Crippen molar-refractivity contribution in [2.75, 3.05) is 31.1 Å². The van der Waals surface area contributed by atoms with Crippen LogP contribution in [0.4, 0.5) is 19.0 Å². The number of alkyl halides is 3. The molecule has 1 saturated heterocycles. The van der Waals surface area contributed by atoms with Gasteiger partial charge in [-0.25, -0.2) is 18.3 Å². The predicted molar refractivity (Wildman–Crippen MR) is 110 cm³/mol. The third-order valence-electron chi connectivity index (χ3n) is 5.37. The number of hydrogen-bond donors (Lipinski definition) is 0. The standard InChI is InChI=1S/C20H21F3N4O3S/c1-13-10-15-16(30-19(28)25(15)2)11-17(13)31(29)27-7-3-6-26(8-9-27)18-5-4-14(12-24-18)20(21,22)23/h4-5,10-12H,3,6-9H2,1-2H3. The molecule has 1 aliphatic heterocycles. The number of anilines is 1. The Bertz CT molecular complexity index is 1190. The summed E-state index contributed by atoms with van der Waals surface area (Å²) in [5, 5.41) is 0. The normalized spacial score (nSPS) is 17.1. The highest BCUT2D eigenvalue weighted by atomic mass is 32.2. The van der Waals surface area contributed by atoms with Crippen LogP contribution in [-0.4, -0.2) is 44.2 Å². The number of aryl methyl sites for hydroxylation is 2. The van der Waals surface area contributed by atoms with Crippen LogP contribution in [0, 0.1) is 6.92 Å². The van der Waals surface area contributed by atoms with Crippen LogP contribution in [0.5, 0.6) is 0 Å². The fourth-order valence-electron chi connectivity index (χ4n) is 3.62. The Labute approximate surface area is 178 Å². The van der Waals surface area contributed by atoms with Gasteiger partial charge in [-0.1, -0.05) is 0 Å². The summed E-state index contributed by atoms with van der Waals surface area (Å²) in [4.78, 5) is 18.2. The van der Waals surface area contributed by atoms with E-state index in [1.54, 1.807) is 19.2 Å². The number of halogens is 3. The van der Waals surface area contributed by atoms with Crippen molar-refractivity contribution >= 4 is 27.9 Å². The maximum atomic E-state index is 13.3. The summed E-state index contributed by atoms with van der Waals surface area (Å²) in [6, 6.07) is 5.81. The van der Waals surface area contributed by atoms with Crippen molar-refractivity contribution in [2.24, 2.45) is 7.05 Å². The number of rotatable bonds is 3. The lowest BCUT2D eigenvalue weighted by molar-refractivity contribution is -0.137. The third-order valence-corrected chi connectivity index (χ3v) is 7.02. The molecule has 0 spiro atoms. The molecule has 11 heteroatoms. The fraction of sp³-hybridized carbons (Fsp3) is 0.400. The molecule has 0 N–H and O–H groups in total. The van der Waals surface area contributed by atoms with Gasteiger partial charge in [0.25, 0.3) is 0 Å². The van der Waals surface area contributed by atoms with Crippen molar-refractivity contribution in [2.45, 2.75) is 24.4 Å². The summed E-state index contributed by atoms with van der Waals surface area (Å²) in [6.45, 7) is 3.91. The average Bonchev–Trinajstić information content (AvgIpc) is 2.90. The van der Waals surface area contributed by atoms with Gasteiger partial charge in [0.05, 0.1) is 16.0 Å². The Balaban J connectivity index is 1.51. The van der Waals surface area contributed by atoms with Crippen LogP contribution in [0.25, 0.3) is 11.1 Å². The van der Waals surface area contributed by atoms with Gasteiger partial charge in [0.15, 0.2) is 5.58 Å². The molecule has 2 aromatic heterocycles. The summed E-state index contributed by atoms with van der Waals surface area (Å²) < 4.78 is 60.0. The first-order chi connectivity index (χ1) is 14.6. The maximum Gasteiger partial charge on any atom is 0.419 e. The molecule has 166 valence electrons. The average molecular weight is 454 g/mol. The van der Waals surface area contributed by atoms with E-state index < -0.39 is 28.5 Å². The second kappa shape index (κ2) is 8.12. The molecule has 0 bridgehead atoms. The number of oxazole rings is 1. The van der Waals surface area contributed by atoms with Crippen LogP contribution < -0.4 is 10.7 Å². The lowest BCUT2D eigenvalue weighted by Crippen LogP contribution is -2.32. The summed E-state index contributed by atoms with van der Waals surface area (Å²) in [7, 11) is 0.148. The highest BCUT2D eigenvalue weighted by Crippen LogP contribution is 2.30. The Morgan fingerprint density at radius 2 is 1.90 bits per heavy atom. The molecule has 3 heterocycles. The molecule has 0 amide bonds. The minimum absolute atomic E-state index is 0.381. The first-order valence-electron chi connectivity index (χ1n) is 9.70. The molecule has 4 rings (SSSR count). The van der Waals surface area contributed by atoms with E-state index in [1.807, 2.05) is 16.1 Å². The summed E-state index contributed by atoms with van der Waals surface area (Å²) in [5.41, 5.74) is 1.02. The Morgan fingerprint density at radius 1 is 1.13 bits per heavy atom. The molecule has 3 aromatic rings. The number of benzene rings is 1. The zero-order chi connectivity index (χ0) is 22.3. The van der Waals surface area contributed by atoms with Gasteiger partial charge in [-0.05, 0) is 37.1 Å². The Hall–Kier alpha value is -2.66. The van der Waals surface area contributed by atoms with Gasteiger partial charge in [0, 0.05) is 45.5 Å². The van der Waals surface area contributed by atoms with Crippen molar-refractivity contribution in [3.63, 3.8) is 0 Å². The van der Waals surface area contributed by atoms with E-state index >= 15 is 0 Å². The second-order valence-corrected chi connectivity index (χ2v) is 8.89. The van der Waals surface area contributed by atoms with E-state index in [2.05, 4.69) is 4.98 Å². The molecular formula is C20H21F3N4O3S. The second-order valence-electron chi connectivity index (χ2n) is 7.43. The van der Waals surface area contributed by atoms with Gasteiger partial charge < -0.3 is 9.32 Å². The van der Waals surface area contributed by atoms with Gasteiger partial charge in [0.2, 0.25) is 0 Å². The fourth-order valence-corrected chi connectivity index (χ4v) is 4.98. The van der Waals surface area contributed by atoms with E-state index in [0.29, 0.717) is 54.4 Å². The summed E-state index contributed by atoms with van der Waals surface area (Å²) in [6.07, 6.45) is -2.91. The van der Waals surface area contributed by atoms with E-state index in [0.717, 1.165) is 17.8 Å². The highest BCUT2D eigenvalue weighted by molar-refractivity contribution is 7.82. The predicted octanol–water partition coefficient (Wildman–Crippen LogP) is 3.09. The van der Waals surface area contributed by atoms with Crippen LogP contribution in [-0.2, 0) is 24.2 Å². The van der Waals surface area contributed by atoms with Crippen LogP contribution in [0.2, 0.25) is 0 Å². The van der Waals surface area contributed by atoms with Crippen LogP contribution in [0.3, 0.4) is 0 Å². The molecule has 1 aromatic carbocycles. The number of pyridine rings is 1. The van der Waals surface area contributed by atoms with Crippen LogP contribution in [0.15, 0.2) is 44.6 Å². The molecule has 1 fully saturated rings. The van der Waals surface area contributed by atoms with E-state index in [4.69, 9.17) is 4.42 Å². The summed E-state index contributed by atoms with van der Waals surface area (Å²) >= 11 is 0. The first-order valence-corrected chi connectivity index (χ1v) is 10.8. The highest BCUT2D eigenvalue weighted by Gasteiger charge is 2.31. The van der Waals surface area contributed by atoms with E-state index in [-0.39, 0.29) is 0 Å². The molecule has 1 unspecified atom stereocenters. The minimum Gasteiger partial charge on any atom is -0.408 e. The van der Waals surface area contributed by atoms with Gasteiger partial charge in [-0.3, -0.25) is 4.57 Å². The quantitative estimate of drug-likeness (QED) is 0.608. The van der Waals surface area contributed by atoms with E-state index in [1.165, 1.54) is 10.6 Å². The molecule has 1 aliphatic rings. The molecule has 1 atom stereocenters. The van der Waals surface area contributed by atoms with Crippen molar-refractivity contribution in [3.8, 4) is 0 Å². The SMILES string of the molecule is Cc1cc2c(cc1S(=O)N1CCCN(c3ccc(C(F)(F)F)cn3)CC1)oc(=O)n2C. The number of aromatic nitrogens is 2. The first kappa shape index (κ1) is 21.6. The smallest absolute Gasteiger partial charge is 0.408 e. The van der Waals surface area contributed by atoms with Gasteiger partial charge in [-0.2, -0.15) is 13.2 Å². The van der Waals surface area contributed by atoms with Crippen molar-refractivity contribution < 1.29 is 21.8 Å². The molecule has 31 heavy (non-hydrogen) atoms. The minimum atomic E-state index is -4.42. The van der Waals surface area contributed by atoms with Crippen molar-refractivity contribution in [3.05, 3.63) is 52.1 Å². The zero-order valence-electron chi connectivity index (χ0n) is 17.0. The van der Waals surface area contributed by atoms with Gasteiger partial charge in [-0.15, -0.1) is 0 Å². The van der Waals surface area contributed by atoms with Crippen molar-refractivity contribution in [1.29, 1.82) is 0 Å². The number of hydrogen-bond acceptors (Lipinski definition) is 5. The maximum absolute atomic E-state index is 13.3. The molecular weight excluding hydrogens is 433 g/mol. The van der Waals surface area contributed by atoms with Crippen LogP contribution in [0.1, 0.15) is 17.5 Å².